The number of unbranched alkanes of at least 4 members (excludes halogenated alkanes) is 44. The van der Waals surface area contributed by atoms with E-state index in [1.807, 2.05) is 0 Å². The number of hydrogen-bond donors (Lipinski definition) is 3. The van der Waals surface area contributed by atoms with Crippen molar-refractivity contribution in [3.8, 4) is 0 Å². The lowest BCUT2D eigenvalue weighted by Crippen LogP contribution is -2.30. The van der Waals surface area contributed by atoms with Gasteiger partial charge in [-0.3, -0.25) is 37.3 Å². The average Bonchev–Trinajstić information content (AvgIpc) is 0.995. The maximum absolute atomic E-state index is 13.1. The van der Waals surface area contributed by atoms with Gasteiger partial charge in [-0.15, -0.1) is 0 Å². The second-order valence-corrected chi connectivity index (χ2v) is 32.6. The molecule has 0 aliphatic rings. The molecule has 0 fully saturated rings. The molecule has 98 heavy (non-hydrogen) atoms. The van der Waals surface area contributed by atoms with Crippen molar-refractivity contribution in [2.24, 2.45) is 17.8 Å². The first-order valence-corrected chi connectivity index (χ1v) is 43.9. The highest BCUT2D eigenvalue weighted by atomic mass is 31.2. The predicted octanol–water partition coefficient (Wildman–Crippen LogP) is 23.4. The van der Waals surface area contributed by atoms with Gasteiger partial charge in [-0.1, -0.05) is 357 Å². The van der Waals surface area contributed by atoms with Gasteiger partial charge in [-0.25, -0.2) is 9.13 Å². The highest BCUT2D eigenvalue weighted by Gasteiger charge is 2.30. The second kappa shape index (κ2) is 69.4. The van der Waals surface area contributed by atoms with E-state index in [2.05, 4.69) is 48.5 Å². The van der Waals surface area contributed by atoms with Crippen LogP contribution in [0, 0.1) is 17.8 Å². The molecule has 0 radical (unpaired) electrons. The summed E-state index contributed by atoms with van der Waals surface area (Å²) in [5, 5.41) is 10.6. The summed E-state index contributed by atoms with van der Waals surface area (Å²) >= 11 is 0. The first-order valence-electron chi connectivity index (χ1n) is 40.9. The lowest BCUT2D eigenvalue weighted by molar-refractivity contribution is -0.161. The molecule has 0 aromatic rings. The van der Waals surface area contributed by atoms with E-state index >= 15 is 0 Å². The number of aliphatic hydroxyl groups excluding tert-OH is 1. The maximum atomic E-state index is 13.1. The molecule has 3 unspecified atom stereocenters. The van der Waals surface area contributed by atoms with E-state index in [-0.39, 0.29) is 25.7 Å². The molecule has 17 nitrogen and oxygen atoms in total. The summed E-state index contributed by atoms with van der Waals surface area (Å²) in [6, 6.07) is 0. The topological polar surface area (TPSA) is 237 Å². The van der Waals surface area contributed by atoms with Crippen molar-refractivity contribution in [1.29, 1.82) is 0 Å². The molecule has 0 aromatic heterocycles. The molecule has 0 bridgehead atoms. The van der Waals surface area contributed by atoms with Crippen LogP contribution in [0.5, 0.6) is 0 Å². The summed E-state index contributed by atoms with van der Waals surface area (Å²) in [5.74, 6) is 0.322. The Morgan fingerprint density at radius 3 is 0.776 bits per heavy atom. The Kier molecular flexibility index (Phi) is 68.1. The lowest BCUT2D eigenvalue weighted by atomic mass is 9.99. The van der Waals surface area contributed by atoms with Crippen LogP contribution in [0.3, 0.4) is 0 Å². The van der Waals surface area contributed by atoms with E-state index in [0.717, 1.165) is 114 Å². The van der Waals surface area contributed by atoms with Gasteiger partial charge in [0, 0.05) is 25.7 Å². The van der Waals surface area contributed by atoms with E-state index < -0.39 is 97.5 Å². The number of rotatable bonds is 77. The fraction of sp³-hybridized carbons (Fsp3) is 0.949. The minimum atomic E-state index is -4.96. The molecule has 19 heteroatoms. The summed E-state index contributed by atoms with van der Waals surface area (Å²) in [4.78, 5) is 72.7. The predicted molar refractivity (Wildman–Crippen MR) is 400 cm³/mol. The minimum Gasteiger partial charge on any atom is -0.462 e. The Morgan fingerprint density at radius 1 is 0.296 bits per heavy atom. The van der Waals surface area contributed by atoms with Crippen molar-refractivity contribution in [1.82, 2.24) is 0 Å². The molecule has 0 heterocycles. The number of hydrogen-bond acceptors (Lipinski definition) is 15. The van der Waals surface area contributed by atoms with Crippen LogP contribution in [0.1, 0.15) is 408 Å². The molecule has 0 spiro atoms. The smallest absolute Gasteiger partial charge is 0.462 e. The van der Waals surface area contributed by atoms with Crippen LogP contribution >= 0.6 is 15.6 Å². The summed E-state index contributed by atoms with van der Waals surface area (Å²) in [5.41, 5.74) is 0. The largest absolute Gasteiger partial charge is 0.472 e. The number of carbonyl (C=O) groups excluding carboxylic acids is 4. The quantitative estimate of drug-likeness (QED) is 0.0222. The van der Waals surface area contributed by atoms with Crippen LogP contribution in [0.4, 0.5) is 0 Å². The van der Waals surface area contributed by atoms with Crippen LogP contribution < -0.4 is 0 Å². The van der Waals surface area contributed by atoms with Gasteiger partial charge in [0.1, 0.15) is 19.3 Å². The monoisotopic (exact) mass is 1440 g/mol. The van der Waals surface area contributed by atoms with Crippen molar-refractivity contribution in [2.75, 3.05) is 39.6 Å². The van der Waals surface area contributed by atoms with Crippen molar-refractivity contribution < 1.29 is 80.2 Å². The zero-order valence-electron chi connectivity index (χ0n) is 64.3. The molecule has 3 N–H and O–H groups in total. The number of aliphatic hydroxyl groups is 1. The molecule has 0 aromatic carbocycles. The van der Waals surface area contributed by atoms with E-state index in [0.29, 0.717) is 25.7 Å². The van der Waals surface area contributed by atoms with Crippen LogP contribution in [0.2, 0.25) is 0 Å². The Labute approximate surface area is 600 Å². The van der Waals surface area contributed by atoms with Crippen molar-refractivity contribution in [3.63, 3.8) is 0 Å². The Balaban J connectivity index is 5.14. The van der Waals surface area contributed by atoms with E-state index in [1.54, 1.807) is 0 Å². The van der Waals surface area contributed by atoms with Gasteiger partial charge in [-0.05, 0) is 43.4 Å². The molecule has 0 amide bonds. The number of ether oxygens (including phenoxy) is 4. The second-order valence-electron chi connectivity index (χ2n) is 29.6. The van der Waals surface area contributed by atoms with Gasteiger partial charge in [0.2, 0.25) is 0 Å². The third-order valence-corrected chi connectivity index (χ3v) is 20.6. The molecular weight excluding hydrogens is 1280 g/mol. The molecule has 0 aliphatic heterocycles. The van der Waals surface area contributed by atoms with Gasteiger partial charge >= 0.3 is 39.5 Å². The average molecular weight is 1440 g/mol. The van der Waals surface area contributed by atoms with E-state index in [9.17, 15) is 43.2 Å². The van der Waals surface area contributed by atoms with E-state index in [1.165, 1.54) is 212 Å². The third-order valence-electron chi connectivity index (χ3n) is 18.7. The van der Waals surface area contributed by atoms with Gasteiger partial charge in [0.25, 0.3) is 0 Å². The van der Waals surface area contributed by atoms with Gasteiger partial charge < -0.3 is 33.8 Å². The highest BCUT2D eigenvalue weighted by molar-refractivity contribution is 7.47. The van der Waals surface area contributed by atoms with Crippen molar-refractivity contribution in [3.05, 3.63) is 0 Å². The van der Waals surface area contributed by atoms with Gasteiger partial charge in [0.15, 0.2) is 12.2 Å². The fourth-order valence-electron chi connectivity index (χ4n) is 12.1. The summed E-state index contributed by atoms with van der Waals surface area (Å²) < 4.78 is 68.4. The fourth-order valence-corrected chi connectivity index (χ4v) is 13.7. The Bertz CT molecular complexity index is 1910. The van der Waals surface area contributed by atoms with Crippen LogP contribution in [0.25, 0.3) is 0 Å². The minimum absolute atomic E-state index is 0.106. The van der Waals surface area contributed by atoms with Gasteiger partial charge in [-0.2, -0.15) is 0 Å². The van der Waals surface area contributed by atoms with Gasteiger partial charge in [0.05, 0.1) is 26.4 Å². The number of carbonyl (C=O) groups is 4. The number of esters is 4. The standard InChI is InChI=1S/C79H154O17P2/c1-8-10-11-43-53-60-76(81)89-66-74(95-78(83)62-56-49-42-36-30-24-18-20-26-32-38-45-51-58-71(5)6)68-93-97(85,86)91-64-73(80)65-92-98(87,88)94-69-75(67-90-77(82)61-54-47-40-34-28-22-17-16-21-27-33-39-46-52-59-72(7)9-2)96-79(84)63-55-48-41-35-29-23-15-13-12-14-19-25-31-37-44-50-57-70(3)4/h70-75,80H,8-69H2,1-7H3,(H,85,86)(H,87,88)/t72?,73-,74+,75+/m0/s1. The molecule has 0 rings (SSSR count). The van der Waals surface area contributed by atoms with Crippen molar-refractivity contribution >= 4 is 39.5 Å². The van der Waals surface area contributed by atoms with Crippen LogP contribution in [-0.4, -0.2) is 96.7 Å². The third kappa shape index (κ3) is 71.1. The zero-order chi connectivity index (χ0) is 72.3. The zero-order valence-corrected chi connectivity index (χ0v) is 66.0. The van der Waals surface area contributed by atoms with Crippen LogP contribution in [-0.2, 0) is 65.4 Å². The SMILES string of the molecule is CCCCCCCC(=O)OC[C@H](COP(=O)(O)OC[C@H](O)COP(=O)(O)OC[C@@H](COC(=O)CCCCCCCCCCCCCCCCC(C)CC)OC(=O)CCCCCCCCCCCCCCCCCCC(C)C)OC(=O)CCCCCCCCCCCCCCCC(C)C. The molecule has 582 valence electrons. The van der Waals surface area contributed by atoms with E-state index in [4.69, 9.17) is 37.0 Å². The first kappa shape index (κ1) is 96.1. The highest BCUT2D eigenvalue weighted by Crippen LogP contribution is 2.45. The lowest BCUT2D eigenvalue weighted by Gasteiger charge is -2.21. The normalized spacial score (nSPS) is 14.3. The number of phosphoric acid groups is 2. The summed E-state index contributed by atoms with van der Waals surface area (Å²) in [7, 11) is -9.91. The first-order chi connectivity index (χ1) is 47.3. The molecule has 0 saturated heterocycles. The summed E-state index contributed by atoms with van der Waals surface area (Å²) in [6.45, 7) is 11.9. The molecule has 0 aliphatic carbocycles. The molecule has 6 atom stereocenters. The molecular formula is C79H154O17P2. The van der Waals surface area contributed by atoms with Crippen LogP contribution in [0.15, 0.2) is 0 Å². The Morgan fingerprint density at radius 2 is 0.520 bits per heavy atom. The summed E-state index contributed by atoms with van der Waals surface area (Å²) in [6.07, 6.45) is 57.2. The number of phosphoric ester groups is 2. The van der Waals surface area contributed by atoms with Crippen molar-refractivity contribution in [2.45, 2.75) is 426 Å². The molecule has 0 saturated carbocycles. The Hall–Kier alpha value is -1.94. The maximum Gasteiger partial charge on any atom is 0.472 e.